The number of nitrogens with two attached hydrogens (primary N) is 1. The van der Waals surface area contributed by atoms with Crippen LogP contribution in [0, 0.1) is 5.92 Å². The van der Waals surface area contributed by atoms with Gasteiger partial charge in [-0.3, -0.25) is 0 Å². The molecule has 2 rings (SSSR count). The third kappa shape index (κ3) is 2.25. The van der Waals surface area contributed by atoms with Crippen LogP contribution < -0.4 is 5.73 Å². The maximum atomic E-state index is 10.2. The van der Waals surface area contributed by atoms with Crippen molar-refractivity contribution in [1.29, 1.82) is 0 Å². The van der Waals surface area contributed by atoms with Crippen LogP contribution in [0.1, 0.15) is 12.8 Å². The molecule has 1 atom stereocenters. The first-order chi connectivity index (χ1) is 6.74. The van der Waals surface area contributed by atoms with E-state index in [9.17, 15) is 5.11 Å². The highest BCUT2D eigenvalue weighted by molar-refractivity contribution is 8.01. The molecule has 14 heavy (non-hydrogen) atoms. The number of thioether (sulfide) groups is 1. The third-order valence-electron chi connectivity index (χ3n) is 2.48. The van der Waals surface area contributed by atoms with Gasteiger partial charge >= 0.3 is 0 Å². The minimum absolute atomic E-state index is 0.337. The van der Waals surface area contributed by atoms with E-state index >= 15 is 0 Å². The highest BCUT2D eigenvalue weighted by Gasteiger charge is 2.42. The van der Waals surface area contributed by atoms with Crippen LogP contribution in [0.25, 0.3) is 0 Å². The van der Waals surface area contributed by atoms with E-state index < -0.39 is 5.60 Å². The average Bonchev–Trinajstić information content (AvgIpc) is 2.94. The number of nitrogens with zero attached hydrogens (tertiary/aromatic N) is 2. The van der Waals surface area contributed by atoms with Gasteiger partial charge in [0.1, 0.15) is 6.33 Å². The number of aromatic nitrogens is 2. The van der Waals surface area contributed by atoms with Crippen molar-refractivity contribution >= 4 is 23.3 Å². The maximum Gasteiger partial charge on any atom is 0.169 e. The minimum Gasteiger partial charge on any atom is -0.387 e. The summed E-state index contributed by atoms with van der Waals surface area (Å²) in [7, 11) is 0. The summed E-state index contributed by atoms with van der Waals surface area (Å²) < 4.78 is 4.81. The molecule has 78 valence electrons. The predicted molar refractivity (Wildman–Crippen MR) is 57.4 cm³/mol. The monoisotopic (exact) mass is 231 g/mol. The zero-order valence-corrected chi connectivity index (χ0v) is 9.35. The summed E-state index contributed by atoms with van der Waals surface area (Å²) in [5.74, 6) is 1.02. The number of hydrogen-bond donors (Lipinski definition) is 2. The summed E-state index contributed by atoms with van der Waals surface area (Å²) >= 11 is 2.90. The Morgan fingerprint density at radius 2 is 2.50 bits per heavy atom. The molecule has 0 amide bonds. The highest BCUT2D eigenvalue weighted by atomic mass is 32.2. The summed E-state index contributed by atoms with van der Waals surface area (Å²) in [5, 5.41) is 10.2. The largest absolute Gasteiger partial charge is 0.387 e. The van der Waals surface area contributed by atoms with Gasteiger partial charge in [0.25, 0.3) is 0 Å². The van der Waals surface area contributed by atoms with Gasteiger partial charge in [0, 0.05) is 12.3 Å². The molecule has 1 aliphatic rings. The van der Waals surface area contributed by atoms with Gasteiger partial charge in [-0.05, 0) is 30.3 Å². The quantitative estimate of drug-likeness (QED) is 0.731. The lowest BCUT2D eigenvalue weighted by atomic mass is 10.0. The first-order valence-electron chi connectivity index (χ1n) is 4.56. The molecule has 1 unspecified atom stereocenters. The standard InChI is InChI=1S/C8H13N3OS2/c9-3-8(12,6-1-2-6)4-13-7-10-5-11-14-7/h5-6,12H,1-4,9H2. The number of rotatable bonds is 5. The van der Waals surface area contributed by atoms with Crippen LogP contribution in [-0.4, -0.2) is 32.4 Å². The fraction of sp³-hybridized carbons (Fsp3) is 0.750. The Kier molecular flexibility index (Phi) is 3.06. The first kappa shape index (κ1) is 10.4. The topological polar surface area (TPSA) is 72.0 Å². The normalized spacial score (nSPS) is 20.7. The number of aliphatic hydroxyl groups is 1. The van der Waals surface area contributed by atoms with Gasteiger partial charge < -0.3 is 10.8 Å². The summed E-state index contributed by atoms with van der Waals surface area (Å²) in [6.45, 7) is 0.337. The average molecular weight is 231 g/mol. The minimum atomic E-state index is -0.698. The van der Waals surface area contributed by atoms with Crippen LogP contribution in [0.5, 0.6) is 0 Å². The van der Waals surface area contributed by atoms with Gasteiger partial charge in [-0.2, -0.15) is 4.37 Å². The molecule has 0 aromatic carbocycles. The lowest BCUT2D eigenvalue weighted by molar-refractivity contribution is 0.0510. The molecule has 1 aliphatic carbocycles. The Hall–Kier alpha value is -0.170. The Morgan fingerprint density at radius 1 is 1.71 bits per heavy atom. The van der Waals surface area contributed by atoms with Gasteiger partial charge in [-0.15, -0.1) is 0 Å². The SMILES string of the molecule is NCC(O)(CSc1ncns1)C1CC1. The van der Waals surface area contributed by atoms with E-state index in [1.807, 2.05) is 0 Å². The van der Waals surface area contributed by atoms with Crippen molar-refractivity contribution in [3.05, 3.63) is 6.33 Å². The van der Waals surface area contributed by atoms with E-state index in [2.05, 4.69) is 9.36 Å². The molecule has 0 spiro atoms. The second-order valence-corrected chi connectivity index (χ2v) is 5.58. The molecule has 6 heteroatoms. The molecular weight excluding hydrogens is 218 g/mol. The van der Waals surface area contributed by atoms with Crippen LogP contribution in [0.4, 0.5) is 0 Å². The molecule has 0 radical (unpaired) electrons. The fourth-order valence-corrected chi connectivity index (χ4v) is 3.02. The predicted octanol–water partition coefficient (Wildman–Crippen LogP) is 0.730. The van der Waals surface area contributed by atoms with Gasteiger partial charge in [-0.1, -0.05) is 11.8 Å². The molecule has 1 saturated carbocycles. The molecule has 1 aromatic rings. The molecular formula is C8H13N3OS2. The summed E-state index contributed by atoms with van der Waals surface area (Å²) in [4.78, 5) is 4.05. The van der Waals surface area contributed by atoms with E-state index in [0.717, 1.165) is 17.2 Å². The van der Waals surface area contributed by atoms with Crippen molar-refractivity contribution in [3.63, 3.8) is 0 Å². The maximum absolute atomic E-state index is 10.2. The van der Waals surface area contributed by atoms with Crippen LogP contribution in [0.3, 0.4) is 0 Å². The third-order valence-corrected chi connectivity index (χ3v) is 4.51. The van der Waals surface area contributed by atoms with Crippen LogP contribution in [0.15, 0.2) is 10.7 Å². The van der Waals surface area contributed by atoms with Crippen molar-refractivity contribution in [2.75, 3.05) is 12.3 Å². The highest BCUT2D eigenvalue weighted by Crippen LogP contribution is 2.41. The zero-order chi connectivity index (χ0) is 10.0. The molecule has 0 saturated heterocycles. The second kappa shape index (κ2) is 4.14. The Labute approximate surface area is 91.1 Å². The smallest absolute Gasteiger partial charge is 0.169 e. The van der Waals surface area contributed by atoms with Gasteiger partial charge in [0.05, 0.1) is 5.60 Å². The molecule has 1 fully saturated rings. The Bertz CT molecular complexity index is 289. The summed E-state index contributed by atoms with van der Waals surface area (Å²) in [5.41, 5.74) is 4.89. The van der Waals surface area contributed by atoms with Crippen molar-refractivity contribution in [2.24, 2.45) is 11.7 Å². The lowest BCUT2D eigenvalue weighted by Gasteiger charge is -2.25. The van der Waals surface area contributed by atoms with Crippen molar-refractivity contribution in [3.8, 4) is 0 Å². The van der Waals surface area contributed by atoms with E-state index in [1.165, 1.54) is 17.9 Å². The molecule has 0 bridgehead atoms. The second-order valence-electron chi connectivity index (χ2n) is 3.58. The fourth-order valence-electron chi connectivity index (χ4n) is 1.38. The summed E-state index contributed by atoms with van der Waals surface area (Å²) in [6.07, 6.45) is 3.74. The van der Waals surface area contributed by atoms with Crippen LogP contribution in [0.2, 0.25) is 0 Å². The number of hydrogen-bond acceptors (Lipinski definition) is 6. The Morgan fingerprint density at radius 3 is 3.00 bits per heavy atom. The van der Waals surface area contributed by atoms with Crippen molar-refractivity contribution < 1.29 is 5.11 Å². The first-order valence-corrected chi connectivity index (χ1v) is 6.32. The van der Waals surface area contributed by atoms with Crippen molar-refractivity contribution in [1.82, 2.24) is 9.36 Å². The van der Waals surface area contributed by atoms with E-state index in [1.54, 1.807) is 11.8 Å². The molecule has 4 nitrogen and oxygen atoms in total. The Balaban J connectivity index is 1.89. The zero-order valence-electron chi connectivity index (χ0n) is 7.72. The molecule has 1 heterocycles. The molecule has 3 N–H and O–H groups in total. The molecule has 0 aliphatic heterocycles. The van der Waals surface area contributed by atoms with Crippen LogP contribution in [-0.2, 0) is 0 Å². The lowest BCUT2D eigenvalue weighted by Crippen LogP contribution is -2.42. The van der Waals surface area contributed by atoms with Crippen molar-refractivity contribution in [2.45, 2.75) is 22.8 Å². The molecule has 1 aromatic heterocycles. The summed E-state index contributed by atoms with van der Waals surface area (Å²) in [6, 6.07) is 0. The van der Waals surface area contributed by atoms with E-state index in [-0.39, 0.29) is 0 Å². The van der Waals surface area contributed by atoms with Gasteiger partial charge in [0.2, 0.25) is 0 Å². The van der Waals surface area contributed by atoms with E-state index in [0.29, 0.717) is 18.2 Å². The van der Waals surface area contributed by atoms with Gasteiger partial charge in [0.15, 0.2) is 4.34 Å². The van der Waals surface area contributed by atoms with E-state index in [4.69, 9.17) is 5.73 Å². The van der Waals surface area contributed by atoms with Gasteiger partial charge in [-0.25, -0.2) is 4.98 Å². The van der Waals surface area contributed by atoms with Crippen LogP contribution >= 0.6 is 23.3 Å².